The van der Waals surface area contributed by atoms with Crippen LogP contribution in [0, 0.1) is 0 Å². The van der Waals surface area contributed by atoms with Crippen molar-refractivity contribution in [3.8, 4) is 5.75 Å². The molecule has 2 rings (SSSR count). The number of benzene rings is 1. The summed E-state index contributed by atoms with van der Waals surface area (Å²) in [5.74, 6) is -1.50. The largest absolute Gasteiger partial charge is 0.489 e. The van der Waals surface area contributed by atoms with Gasteiger partial charge in [-0.2, -0.15) is 22.0 Å². The van der Waals surface area contributed by atoms with Crippen LogP contribution >= 0.6 is 50.2 Å². The van der Waals surface area contributed by atoms with Crippen LogP contribution in [0.2, 0.25) is 19.6 Å². The number of carbonyl (C=O) groups is 1. The van der Waals surface area contributed by atoms with E-state index in [0.29, 0.717) is 0 Å². The normalized spacial score (nSPS) is 13.9. The highest BCUT2D eigenvalue weighted by atomic mass is 79.9. The second-order valence-corrected chi connectivity index (χ2v) is 22.6. The molecule has 17 heteroatoms. The molecular weight excluding hydrogens is 663 g/mol. The SMILES string of the molecule is C[Si](C)(C)Br.NC(=O)c1cc(OCC(F)CC(F)(F)F)c2sc(C(F)(F)P(=O)(O)O)c(Br)c2c1. The van der Waals surface area contributed by atoms with E-state index in [1.807, 2.05) is 0 Å². The Labute approximate surface area is 211 Å². The smallest absolute Gasteiger partial charge is 0.400 e. The monoisotopic (exact) mass is 681 g/mol. The van der Waals surface area contributed by atoms with E-state index in [4.69, 9.17) is 20.3 Å². The van der Waals surface area contributed by atoms with Crippen molar-refractivity contribution in [1.82, 2.24) is 0 Å². The number of alkyl halides is 6. The van der Waals surface area contributed by atoms with Gasteiger partial charge in [-0.3, -0.25) is 9.36 Å². The Balaban J connectivity index is 0.00000104. The lowest BCUT2D eigenvalue weighted by Gasteiger charge is -2.16. The number of hydrogen-bond acceptors (Lipinski definition) is 4. The molecule has 0 fully saturated rings. The maximum absolute atomic E-state index is 14.2. The van der Waals surface area contributed by atoms with Gasteiger partial charge in [0.2, 0.25) is 5.91 Å². The molecule has 0 spiro atoms. The van der Waals surface area contributed by atoms with Crippen LogP contribution in [-0.4, -0.2) is 41.3 Å². The third-order valence-electron chi connectivity index (χ3n) is 3.49. The first-order chi connectivity index (χ1) is 15.0. The Bertz CT molecular complexity index is 1080. The predicted octanol–water partition coefficient (Wildman–Crippen LogP) is 6.88. The van der Waals surface area contributed by atoms with Crippen LogP contribution in [0.5, 0.6) is 5.75 Å². The average molecular weight is 683 g/mol. The number of amides is 1. The first-order valence-corrected chi connectivity index (χ1v) is 18.0. The molecule has 0 radical (unpaired) electrons. The van der Waals surface area contributed by atoms with Crippen LogP contribution in [0.1, 0.15) is 21.7 Å². The van der Waals surface area contributed by atoms with Gasteiger partial charge < -0.3 is 20.3 Å². The molecule has 0 aliphatic rings. The molecular formula is C17H20Br2F6NO5PSSi. The summed E-state index contributed by atoms with van der Waals surface area (Å²) >= 11 is 6.45. The van der Waals surface area contributed by atoms with E-state index >= 15 is 0 Å². The van der Waals surface area contributed by atoms with Crippen molar-refractivity contribution in [2.24, 2.45) is 5.73 Å². The summed E-state index contributed by atoms with van der Waals surface area (Å²) in [5, 5.41) is -0.171. The summed E-state index contributed by atoms with van der Waals surface area (Å²) in [6.45, 7) is 4.82. The minimum atomic E-state index is -5.94. The summed E-state index contributed by atoms with van der Waals surface area (Å²) in [5.41, 5.74) is 0.208. The Morgan fingerprint density at radius 1 is 1.24 bits per heavy atom. The van der Waals surface area contributed by atoms with Gasteiger partial charge in [-0.1, -0.05) is 19.6 Å². The highest BCUT2D eigenvalue weighted by molar-refractivity contribution is 9.26. The summed E-state index contributed by atoms with van der Waals surface area (Å²) in [7, 11) is -5.94. The molecule has 0 bridgehead atoms. The molecule has 2 aromatic rings. The van der Waals surface area contributed by atoms with Gasteiger partial charge in [-0.15, -0.1) is 26.6 Å². The molecule has 34 heavy (non-hydrogen) atoms. The first-order valence-electron chi connectivity index (χ1n) is 9.07. The second-order valence-electron chi connectivity index (χ2n) is 7.84. The van der Waals surface area contributed by atoms with Gasteiger partial charge in [-0.05, 0) is 28.1 Å². The van der Waals surface area contributed by atoms with Gasteiger partial charge in [0, 0.05) is 15.4 Å². The number of rotatable bonds is 7. The molecule has 6 nitrogen and oxygen atoms in total. The maximum atomic E-state index is 14.2. The quantitative estimate of drug-likeness (QED) is 0.128. The van der Waals surface area contributed by atoms with Crippen LogP contribution in [-0.2, 0) is 10.2 Å². The van der Waals surface area contributed by atoms with Gasteiger partial charge in [0.15, 0.2) is 0 Å². The Hall–Kier alpha value is -0.643. The summed E-state index contributed by atoms with van der Waals surface area (Å²) in [4.78, 5) is 28.2. The number of fused-ring (bicyclic) bond motifs is 1. The lowest BCUT2D eigenvalue weighted by atomic mass is 10.1. The highest BCUT2D eigenvalue weighted by Crippen LogP contribution is 2.63. The number of halogens is 8. The summed E-state index contributed by atoms with van der Waals surface area (Å²) in [6, 6.07) is 1.93. The van der Waals surface area contributed by atoms with E-state index in [2.05, 4.69) is 50.9 Å². The van der Waals surface area contributed by atoms with E-state index < -0.39 is 66.3 Å². The molecule has 194 valence electrons. The predicted molar refractivity (Wildman–Crippen MR) is 127 cm³/mol. The fraction of sp³-hybridized carbons (Fsp3) is 0.471. The van der Waals surface area contributed by atoms with Gasteiger partial charge >= 0.3 is 19.4 Å². The fourth-order valence-corrected chi connectivity index (χ4v) is 5.18. The molecule has 1 aromatic heterocycles. The average Bonchev–Trinajstić information content (AvgIpc) is 2.93. The van der Waals surface area contributed by atoms with Crippen molar-refractivity contribution in [3.05, 3.63) is 27.0 Å². The first kappa shape index (κ1) is 31.4. The highest BCUT2D eigenvalue weighted by Gasteiger charge is 2.53. The van der Waals surface area contributed by atoms with Gasteiger partial charge in [0.25, 0.3) is 0 Å². The number of ether oxygens (including phenoxy) is 1. The van der Waals surface area contributed by atoms with E-state index in [1.54, 1.807) is 0 Å². The van der Waals surface area contributed by atoms with Crippen molar-refractivity contribution in [3.63, 3.8) is 0 Å². The molecule has 1 aromatic carbocycles. The Kier molecular flexibility index (Phi) is 10.3. The number of thiophene rings is 1. The van der Waals surface area contributed by atoms with Crippen molar-refractivity contribution < 1.29 is 50.2 Å². The number of carbonyl (C=O) groups excluding carboxylic acids is 1. The molecule has 0 aliphatic carbocycles. The molecule has 1 heterocycles. The van der Waals surface area contributed by atoms with Crippen molar-refractivity contribution >= 4 is 72.8 Å². The molecule has 1 unspecified atom stereocenters. The molecule has 4 N–H and O–H groups in total. The lowest BCUT2D eigenvalue weighted by molar-refractivity contribution is -0.148. The summed E-state index contributed by atoms with van der Waals surface area (Å²) < 4.78 is 93.9. The Morgan fingerprint density at radius 2 is 1.74 bits per heavy atom. The van der Waals surface area contributed by atoms with E-state index in [-0.39, 0.29) is 27.0 Å². The van der Waals surface area contributed by atoms with Crippen LogP contribution in [0.4, 0.5) is 26.3 Å². The van der Waals surface area contributed by atoms with Crippen LogP contribution in [0.15, 0.2) is 16.6 Å². The zero-order valence-corrected chi connectivity index (χ0v) is 23.6. The number of nitrogens with two attached hydrogens (primary N) is 1. The lowest BCUT2D eigenvalue weighted by Crippen LogP contribution is -2.22. The van der Waals surface area contributed by atoms with Crippen molar-refractivity contribution in [1.29, 1.82) is 0 Å². The van der Waals surface area contributed by atoms with E-state index in [1.165, 1.54) is 0 Å². The van der Waals surface area contributed by atoms with E-state index in [0.717, 1.165) is 12.1 Å². The zero-order chi connectivity index (χ0) is 26.9. The third-order valence-corrected chi connectivity index (χ3v) is 6.97. The standard InChI is InChI=1S/C14H11BrF6NO5PS.C3H9BrSi/c15-9-7-1-5(12(22)23)2-8(27-4-6(16)3-13(17,18)19)10(7)29-11(9)14(20,21)28(24,25)26;1-5(2,3)4/h1-2,6H,3-4H2,(H2,22,23)(H2,24,25,26);1-3H3. The minimum Gasteiger partial charge on any atom is -0.489 e. The number of primary amides is 1. The van der Waals surface area contributed by atoms with E-state index in [9.17, 15) is 35.7 Å². The minimum absolute atomic E-state index is 0.159. The Morgan fingerprint density at radius 3 is 2.15 bits per heavy atom. The fourth-order valence-electron chi connectivity index (χ4n) is 2.21. The van der Waals surface area contributed by atoms with Crippen molar-refractivity contribution in [2.75, 3.05) is 6.61 Å². The maximum Gasteiger partial charge on any atom is 0.400 e. The second kappa shape index (κ2) is 11.2. The van der Waals surface area contributed by atoms with Gasteiger partial charge in [0.05, 0.1) is 11.1 Å². The van der Waals surface area contributed by atoms with Crippen molar-refractivity contribution in [2.45, 2.75) is 44.1 Å². The van der Waals surface area contributed by atoms with Gasteiger partial charge in [0.1, 0.15) is 30.1 Å². The molecule has 0 saturated carbocycles. The molecule has 1 atom stereocenters. The molecule has 0 saturated heterocycles. The molecule has 0 aliphatic heterocycles. The van der Waals surface area contributed by atoms with Crippen LogP contribution < -0.4 is 10.5 Å². The zero-order valence-electron chi connectivity index (χ0n) is 17.7. The number of hydrogen-bond donors (Lipinski definition) is 3. The van der Waals surface area contributed by atoms with Crippen LogP contribution in [0.3, 0.4) is 0 Å². The van der Waals surface area contributed by atoms with Gasteiger partial charge in [-0.25, -0.2) is 4.39 Å². The summed E-state index contributed by atoms with van der Waals surface area (Å²) in [6.07, 6.45) is -9.11. The molecule has 1 amide bonds. The topological polar surface area (TPSA) is 110 Å². The van der Waals surface area contributed by atoms with Crippen LogP contribution in [0.25, 0.3) is 10.1 Å². The third kappa shape index (κ3) is 9.10.